The molecule has 0 heterocycles. The number of esters is 1. The number of carbonyl (C=O) groups is 1. The van der Waals surface area contributed by atoms with Gasteiger partial charge >= 0.3 is 5.97 Å². The predicted octanol–water partition coefficient (Wildman–Crippen LogP) is 0.535. The quantitative estimate of drug-likeness (QED) is 0.500. The molecule has 0 saturated carbocycles. The van der Waals surface area contributed by atoms with E-state index in [2.05, 4.69) is 10.1 Å². The molecule has 0 bridgehead atoms. The van der Waals surface area contributed by atoms with Crippen molar-refractivity contribution < 1.29 is 19.0 Å². The summed E-state index contributed by atoms with van der Waals surface area (Å²) in [7, 11) is 4.50. The highest BCUT2D eigenvalue weighted by Gasteiger charge is 2.23. The summed E-state index contributed by atoms with van der Waals surface area (Å²) < 4.78 is 14.8. The average molecular weight is 219 g/mol. The molecule has 0 amide bonds. The SMILES string of the molecule is CCC(NC(C)C(OC)OC)C(=O)OC. The summed E-state index contributed by atoms with van der Waals surface area (Å²) in [6, 6.07) is -0.401. The van der Waals surface area contributed by atoms with Crippen molar-refractivity contribution in [2.45, 2.75) is 38.6 Å². The Balaban J connectivity index is 4.22. The lowest BCUT2D eigenvalue weighted by Crippen LogP contribution is -2.48. The van der Waals surface area contributed by atoms with Crippen LogP contribution >= 0.6 is 0 Å². The Morgan fingerprint density at radius 2 is 1.80 bits per heavy atom. The second-order valence-electron chi connectivity index (χ2n) is 3.28. The zero-order chi connectivity index (χ0) is 11.8. The third kappa shape index (κ3) is 4.59. The third-order valence-corrected chi connectivity index (χ3v) is 2.23. The van der Waals surface area contributed by atoms with Crippen LogP contribution in [0.2, 0.25) is 0 Å². The molecule has 1 N–H and O–H groups in total. The van der Waals surface area contributed by atoms with Crippen LogP contribution in [-0.4, -0.2) is 45.7 Å². The molecule has 0 aromatic carbocycles. The molecule has 15 heavy (non-hydrogen) atoms. The first kappa shape index (κ1) is 14.3. The molecule has 5 nitrogen and oxygen atoms in total. The van der Waals surface area contributed by atoms with Gasteiger partial charge in [-0.25, -0.2) is 0 Å². The second kappa shape index (κ2) is 7.62. The Labute approximate surface area is 91.1 Å². The van der Waals surface area contributed by atoms with E-state index in [0.29, 0.717) is 6.42 Å². The summed E-state index contributed by atoms with van der Waals surface area (Å²) >= 11 is 0. The first-order valence-electron chi connectivity index (χ1n) is 5.00. The van der Waals surface area contributed by atoms with Crippen LogP contribution in [0.3, 0.4) is 0 Å². The molecule has 5 heteroatoms. The molecule has 2 unspecified atom stereocenters. The van der Waals surface area contributed by atoms with Gasteiger partial charge in [0.05, 0.1) is 13.2 Å². The van der Waals surface area contributed by atoms with E-state index in [0.717, 1.165) is 0 Å². The summed E-state index contributed by atoms with van der Waals surface area (Å²) in [6.07, 6.45) is 0.292. The van der Waals surface area contributed by atoms with Gasteiger partial charge in [-0.2, -0.15) is 0 Å². The van der Waals surface area contributed by atoms with E-state index in [-0.39, 0.29) is 24.3 Å². The molecular weight excluding hydrogens is 198 g/mol. The predicted molar refractivity (Wildman–Crippen MR) is 56.5 cm³/mol. The lowest BCUT2D eigenvalue weighted by Gasteiger charge is -2.25. The average Bonchev–Trinajstić information content (AvgIpc) is 2.26. The highest BCUT2D eigenvalue weighted by molar-refractivity contribution is 5.75. The van der Waals surface area contributed by atoms with Gasteiger partial charge in [0.2, 0.25) is 0 Å². The molecule has 0 fully saturated rings. The van der Waals surface area contributed by atoms with E-state index in [1.807, 2.05) is 13.8 Å². The number of ether oxygens (including phenoxy) is 3. The number of hydrogen-bond donors (Lipinski definition) is 1. The van der Waals surface area contributed by atoms with Crippen molar-refractivity contribution in [1.82, 2.24) is 5.32 Å². The minimum absolute atomic E-state index is 0.0796. The van der Waals surface area contributed by atoms with Crippen molar-refractivity contribution in [3.05, 3.63) is 0 Å². The standard InChI is InChI=1S/C10H21NO4/c1-6-8(9(12)13-3)11-7(2)10(14-4)15-5/h7-8,10-11H,6H2,1-5H3. The monoisotopic (exact) mass is 219 g/mol. The molecule has 90 valence electrons. The van der Waals surface area contributed by atoms with Crippen LogP contribution in [0.25, 0.3) is 0 Å². The minimum atomic E-state index is -0.372. The van der Waals surface area contributed by atoms with E-state index in [9.17, 15) is 4.79 Å². The van der Waals surface area contributed by atoms with Crippen molar-refractivity contribution >= 4 is 5.97 Å². The van der Waals surface area contributed by atoms with Gasteiger partial charge in [0.25, 0.3) is 0 Å². The fraction of sp³-hybridized carbons (Fsp3) is 0.900. The number of methoxy groups -OCH3 is 3. The molecule has 0 radical (unpaired) electrons. The molecular formula is C10H21NO4. The number of carbonyl (C=O) groups excluding carboxylic acids is 1. The first-order valence-corrected chi connectivity index (χ1v) is 5.00. The smallest absolute Gasteiger partial charge is 0.322 e. The maximum Gasteiger partial charge on any atom is 0.322 e. The van der Waals surface area contributed by atoms with E-state index < -0.39 is 0 Å². The summed E-state index contributed by atoms with van der Waals surface area (Å²) in [4.78, 5) is 11.3. The van der Waals surface area contributed by atoms with Gasteiger partial charge in [-0.3, -0.25) is 10.1 Å². The van der Waals surface area contributed by atoms with Gasteiger partial charge in [0.1, 0.15) is 6.04 Å². The Bertz CT molecular complexity index is 182. The fourth-order valence-electron chi connectivity index (χ4n) is 1.40. The molecule has 2 atom stereocenters. The van der Waals surface area contributed by atoms with Crippen LogP contribution in [0.5, 0.6) is 0 Å². The van der Waals surface area contributed by atoms with Gasteiger partial charge in [-0.15, -0.1) is 0 Å². The van der Waals surface area contributed by atoms with Gasteiger partial charge in [0.15, 0.2) is 6.29 Å². The first-order chi connectivity index (χ1) is 7.10. The molecule has 0 aromatic heterocycles. The van der Waals surface area contributed by atoms with Gasteiger partial charge in [-0.05, 0) is 13.3 Å². The Hall–Kier alpha value is -0.650. The Morgan fingerprint density at radius 1 is 1.27 bits per heavy atom. The van der Waals surface area contributed by atoms with Gasteiger partial charge < -0.3 is 14.2 Å². The second-order valence-corrected chi connectivity index (χ2v) is 3.28. The van der Waals surface area contributed by atoms with Crippen molar-refractivity contribution in [2.24, 2.45) is 0 Å². The lowest BCUT2D eigenvalue weighted by atomic mass is 10.2. The molecule has 0 aromatic rings. The summed E-state index contributed by atoms with van der Waals surface area (Å²) in [5.74, 6) is -0.268. The van der Waals surface area contributed by atoms with Crippen molar-refractivity contribution in [1.29, 1.82) is 0 Å². The van der Waals surface area contributed by atoms with E-state index >= 15 is 0 Å². The van der Waals surface area contributed by atoms with Gasteiger partial charge in [-0.1, -0.05) is 6.92 Å². The van der Waals surface area contributed by atoms with Crippen molar-refractivity contribution in [2.75, 3.05) is 21.3 Å². The number of hydrogen-bond acceptors (Lipinski definition) is 5. The molecule has 0 aliphatic heterocycles. The molecule has 0 aliphatic carbocycles. The summed E-state index contributed by atoms with van der Waals surface area (Å²) in [5.41, 5.74) is 0. The van der Waals surface area contributed by atoms with Crippen molar-refractivity contribution in [3.8, 4) is 0 Å². The third-order valence-electron chi connectivity index (χ3n) is 2.23. The highest BCUT2D eigenvalue weighted by atomic mass is 16.7. The van der Waals surface area contributed by atoms with Crippen molar-refractivity contribution in [3.63, 3.8) is 0 Å². The highest BCUT2D eigenvalue weighted by Crippen LogP contribution is 2.03. The normalized spacial score (nSPS) is 15.1. The molecule has 0 rings (SSSR count). The zero-order valence-electron chi connectivity index (χ0n) is 10.1. The van der Waals surface area contributed by atoms with Crippen LogP contribution < -0.4 is 5.32 Å². The summed E-state index contributed by atoms with van der Waals surface area (Å²) in [6.45, 7) is 3.80. The van der Waals surface area contributed by atoms with Crippen LogP contribution in [0.1, 0.15) is 20.3 Å². The Kier molecular flexibility index (Phi) is 7.29. The maximum atomic E-state index is 11.3. The van der Waals surface area contributed by atoms with E-state index in [1.165, 1.54) is 7.11 Å². The topological polar surface area (TPSA) is 56.8 Å². The zero-order valence-corrected chi connectivity index (χ0v) is 10.1. The van der Waals surface area contributed by atoms with Crippen LogP contribution in [0.4, 0.5) is 0 Å². The largest absolute Gasteiger partial charge is 0.468 e. The van der Waals surface area contributed by atoms with Crippen LogP contribution in [-0.2, 0) is 19.0 Å². The minimum Gasteiger partial charge on any atom is -0.468 e. The van der Waals surface area contributed by atoms with E-state index in [1.54, 1.807) is 14.2 Å². The molecule has 0 saturated heterocycles. The van der Waals surface area contributed by atoms with Crippen LogP contribution in [0.15, 0.2) is 0 Å². The number of nitrogens with one attached hydrogen (secondary N) is 1. The summed E-state index contributed by atoms with van der Waals surface area (Å²) in [5, 5.41) is 3.09. The van der Waals surface area contributed by atoms with Crippen LogP contribution in [0, 0.1) is 0 Å². The Morgan fingerprint density at radius 3 is 2.13 bits per heavy atom. The molecule has 0 aliphatic rings. The van der Waals surface area contributed by atoms with Gasteiger partial charge in [0, 0.05) is 14.2 Å². The molecule has 0 spiro atoms. The lowest BCUT2D eigenvalue weighted by molar-refractivity contribution is -0.146. The maximum absolute atomic E-state index is 11.3. The number of rotatable bonds is 7. The van der Waals surface area contributed by atoms with E-state index in [4.69, 9.17) is 9.47 Å². The fourth-order valence-corrected chi connectivity index (χ4v) is 1.40.